The highest BCUT2D eigenvalue weighted by Gasteiger charge is 2.29. The molecule has 5 nitrogen and oxygen atoms in total. The number of Topliss-reactive ketones (excluding diaryl/α,β-unsaturated/α-hetero) is 1. The number of nitrogens with one attached hydrogen (secondary N) is 1. The molecule has 6 heteroatoms. The number of oxime groups is 1. The normalized spacial score (nSPS) is 19.7. The van der Waals surface area contributed by atoms with Gasteiger partial charge in [-0.1, -0.05) is 16.8 Å². The summed E-state index contributed by atoms with van der Waals surface area (Å²) in [7, 11) is 0. The number of anilines is 1. The maximum absolute atomic E-state index is 12.0. The molecule has 1 aromatic rings. The summed E-state index contributed by atoms with van der Waals surface area (Å²) in [6, 6.07) is 6.78. The van der Waals surface area contributed by atoms with Gasteiger partial charge in [-0.25, -0.2) is 0 Å². The van der Waals surface area contributed by atoms with Gasteiger partial charge >= 0.3 is 0 Å². The highest BCUT2D eigenvalue weighted by molar-refractivity contribution is 6.30. The van der Waals surface area contributed by atoms with Gasteiger partial charge < -0.3 is 10.5 Å². The van der Waals surface area contributed by atoms with Crippen LogP contribution < -0.4 is 5.32 Å². The van der Waals surface area contributed by atoms with Crippen molar-refractivity contribution in [1.82, 2.24) is 0 Å². The summed E-state index contributed by atoms with van der Waals surface area (Å²) in [5, 5.41) is 15.3. The molecule has 1 atom stereocenters. The maximum Gasteiger partial charge on any atom is 0.224 e. The van der Waals surface area contributed by atoms with E-state index in [2.05, 4.69) is 10.5 Å². The predicted molar refractivity (Wildman–Crippen MR) is 80.9 cm³/mol. The average molecular weight is 309 g/mol. The van der Waals surface area contributed by atoms with Crippen LogP contribution in [0, 0.1) is 5.92 Å². The van der Waals surface area contributed by atoms with Crippen molar-refractivity contribution in [1.29, 1.82) is 0 Å². The SMILES string of the molecule is O=C(CCC(=O)[C@@H]1CCC/C1=N\O)Nc1ccc(Cl)cc1. The molecule has 0 saturated heterocycles. The first-order valence-electron chi connectivity index (χ1n) is 6.89. The lowest BCUT2D eigenvalue weighted by Gasteiger charge is -2.09. The third-order valence-corrected chi connectivity index (χ3v) is 3.82. The smallest absolute Gasteiger partial charge is 0.224 e. The highest BCUT2D eigenvalue weighted by atomic mass is 35.5. The molecule has 0 aliphatic heterocycles. The fraction of sp³-hybridized carbons (Fsp3) is 0.400. The molecule has 0 unspecified atom stereocenters. The Morgan fingerprint density at radius 3 is 2.67 bits per heavy atom. The van der Waals surface area contributed by atoms with Crippen molar-refractivity contribution in [2.45, 2.75) is 32.1 Å². The molecule has 0 spiro atoms. The Kier molecular flexibility index (Phi) is 5.33. The zero-order valence-electron chi connectivity index (χ0n) is 11.5. The molecule has 0 radical (unpaired) electrons. The Morgan fingerprint density at radius 2 is 2.00 bits per heavy atom. The topological polar surface area (TPSA) is 78.8 Å². The number of halogens is 1. The van der Waals surface area contributed by atoms with Crippen molar-refractivity contribution in [3.05, 3.63) is 29.3 Å². The number of ketones is 1. The summed E-state index contributed by atoms with van der Waals surface area (Å²) in [4.78, 5) is 23.8. The van der Waals surface area contributed by atoms with Crippen molar-refractivity contribution >= 4 is 34.7 Å². The first-order valence-corrected chi connectivity index (χ1v) is 7.27. The standard InChI is InChI=1S/C15H17ClN2O3/c16-10-4-6-11(7-5-10)17-15(20)9-8-14(19)12-2-1-3-13(12)18-21/h4-7,12,21H,1-3,8-9H2,(H,17,20)/b18-13+/t12-/m1/s1. The predicted octanol–water partition coefficient (Wildman–Crippen LogP) is 3.26. The van der Waals surface area contributed by atoms with E-state index < -0.39 is 0 Å². The lowest BCUT2D eigenvalue weighted by atomic mass is 9.97. The summed E-state index contributed by atoms with van der Waals surface area (Å²) >= 11 is 5.76. The molecule has 0 aromatic heterocycles. The number of hydrogen-bond acceptors (Lipinski definition) is 4. The number of rotatable bonds is 5. The molecular formula is C15H17ClN2O3. The Hall–Kier alpha value is -1.88. The van der Waals surface area contributed by atoms with Crippen LogP contribution in [-0.4, -0.2) is 22.6 Å². The summed E-state index contributed by atoms with van der Waals surface area (Å²) in [6.45, 7) is 0. The zero-order valence-corrected chi connectivity index (χ0v) is 12.3. The second-order valence-electron chi connectivity index (χ2n) is 5.06. The number of benzene rings is 1. The molecule has 0 bridgehead atoms. The molecule has 0 heterocycles. The van der Waals surface area contributed by atoms with Crippen LogP contribution in [0.25, 0.3) is 0 Å². The van der Waals surface area contributed by atoms with E-state index in [0.717, 1.165) is 6.42 Å². The molecule has 1 aliphatic carbocycles. The van der Waals surface area contributed by atoms with E-state index in [4.69, 9.17) is 16.8 Å². The third kappa shape index (κ3) is 4.29. The summed E-state index contributed by atoms with van der Waals surface area (Å²) in [5.41, 5.74) is 1.19. The van der Waals surface area contributed by atoms with Gasteiger partial charge in [-0.3, -0.25) is 9.59 Å². The molecule has 1 saturated carbocycles. The van der Waals surface area contributed by atoms with Crippen LogP contribution in [0.3, 0.4) is 0 Å². The number of nitrogens with zero attached hydrogens (tertiary/aromatic N) is 1. The number of carbonyl (C=O) groups is 2. The molecular weight excluding hydrogens is 292 g/mol. The van der Waals surface area contributed by atoms with E-state index >= 15 is 0 Å². The first kappa shape index (κ1) is 15.5. The summed E-state index contributed by atoms with van der Waals surface area (Å²) in [5.74, 6) is -0.573. The minimum Gasteiger partial charge on any atom is -0.411 e. The van der Waals surface area contributed by atoms with Gasteiger partial charge in [-0.05, 0) is 43.5 Å². The lowest BCUT2D eigenvalue weighted by Crippen LogP contribution is -2.21. The van der Waals surface area contributed by atoms with Gasteiger partial charge in [-0.2, -0.15) is 0 Å². The first-order chi connectivity index (χ1) is 10.1. The lowest BCUT2D eigenvalue weighted by molar-refractivity contribution is -0.124. The zero-order chi connectivity index (χ0) is 15.2. The van der Waals surface area contributed by atoms with Gasteiger partial charge in [0.15, 0.2) is 0 Å². The maximum atomic E-state index is 12.0. The molecule has 1 aliphatic rings. The quantitative estimate of drug-likeness (QED) is 0.647. The number of carbonyl (C=O) groups excluding carboxylic acids is 2. The second kappa shape index (κ2) is 7.22. The van der Waals surface area contributed by atoms with E-state index in [1.165, 1.54) is 0 Å². The van der Waals surface area contributed by atoms with Crippen molar-refractivity contribution in [3.8, 4) is 0 Å². The molecule has 2 N–H and O–H groups in total. The Morgan fingerprint density at radius 1 is 1.29 bits per heavy atom. The molecule has 21 heavy (non-hydrogen) atoms. The second-order valence-corrected chi connectivity index (χ2v) is 5.49. The Labute approximate surface area is 128 Å². The fourth-order valence-electron chi connectivity index (χ4n) is 2.46. The van der Waals surface area contributed by atoms with E-state index in [1.807, 2.05) is 0 Å². The summed E-state index contributed by atoms with van der Waals surface area (Å²) < 4.78 is 0. The third-order valence-electron chi connectivity index (χ3n) is 3.57. The van der Waals surface area contributed by atoms with Crippen LogP contribution in [0.1, 0.15) is 32.1 Å². The largest absolute Gasteiger partial charge is 0.411 e. The van der Waals surface area contributed by atoms with Gasteiger partial charge in [0.25, 0.3) is 0 Å². The van der Waals surface area contributed by atoms with Crippen LogP contribution in [-0.2, 0) is 9.59 Å². The molecule has 1 amide bonds. The molecule has 2 rings (SSSR count). The highest BCUT2D eigenvalue weighted by Crippen LogP contribution is 2.25. The Balaban J connectivity index is 1.81. The van der Waals surface area contributed by atoms with E-state index in [-0.39, 0.29) is 30.4 Å². The van der Waals surface area contributed by atoms with Crippen LogP contribution >= 0.6 is 11.6 Å². The van der Waals surface area contributed by atoms with Crippen LogP contribution in [0.4, 0.5) is 5.69 Å². The van der Waals surface area contributed by atoms with E-state index in [1.54, 1.807) is 24.3 Å². The van der Waals surface area contributed by atoms with Crippen LogP contribution in [0.2, 0.25) is 5.02 Å². The van der Waals surface area contributed by atoms with Gasteiger partial charge in [-0.15, -0.1) is 0 Å². The van der Waals surface area contributed by atoms with Crippen molar-refractivity contribution in [3.63, 3.8) is 0 Å². The van der Waals surface area contributed by atoms with Gasteiger partial charge in [0.1, 0.15) is 5.78 Å². The van der Waals surface area contributed by atoms with Crippen LogP contribution in [0.5, 0.6) is 0 Å². The van der Waals surface area contributed by atoms with E-state index in [0.29, 0.717) is 29.3 Å². The fourth-order valence-corrected chi connectivity index (χ4v) is 2.59. The summed E-state index contributed by atoms with van der Waals surface area (Å²) in [6.07, 6.45) is 2.49. The van der Waals surface area contributed by atoms with Crippen molar-refractivity contribution in [2.24, 2.45) is 11.1 Å². The van der Waals surface area contributed by atoms with Gasteiger partial charge in [0.05, 0.1) is 11.6 Å². The van der Waals surface area contributed by atoms with Gasteiger partial charge in [0, 0.05) is 23.6 Å². The average Bonchev–Trinajstić information content (AvgIpc) is 2.96. The number of hydrogen-bond donors (Lipinski definition) is 2. The van der Waals surface area contributed by atoms with Crippen LogP contribution in [0.15, 0.2) is 29.4 Å². The van der Waals surface area contributed by atoms with Gasteiger partial charge in [0.2, 0.25) is 5.91 Å². The molecule has 1 aromatic carbocycles. The minimum atomic E-state index is -0.321. The molecule has 1 fully saturated rings. The van der Waals surface area contributed by atoms with E-state index in [9.17, 15) is 9.59 Å². The monoisotopic (exact) mass is 308 g/mol. The van der Waals surface area contributed by atoms with Crippen molar-refractivity contribution < 1.29 is 14.8 Å². The van der Waals surface area contributed by atoms with Crippen molar-refractivity contribution in [2.75, 3.05) is 5.32 Å². The number of amides is 1. The Bertz CT molecular complexity index is 555. The minimum absolute atomic E-state index is 0.0356. The molecule has 112 valence electrons.